The van der Waals surface area contributed by atoms with Gasteiger partial charge in [0.2, 0.25) is 0 Å². The Balaban J connectivity index is 1.74. The molecule has 0 unspecified atom stereocenters. The van der Waals surface area contributed by atoms with Crippen LogP contribution in [0.2, 0.25) is 0 Å². The van der Waals surface area contributed by atoms with Crippen molar-refractivity contribution in [2.75, 3.05) is 6.54 Å². The Morgan fingerprint density at radius 1 is 1.18 bits per heavy atom. The molecule has 1 aliphatic heterocycles. The van der Waals surface area contributed by atoms with Crippen LogP contribution in [-0.4, -0.2) is 65.4 Å². The molecule has 1 aromatic carbocycles. The minimum Gasteiger partial charge on any atom is -0.451 e. The summed E-state index contributed by atoms with van der Waals surface area (Å²) in [5, 5.41) is 17.4. The highest BCUT2D eigenvalue weighted by atomic mass is 32.2. The average molecular weight is 557 g/mol. The first-order valence-electron chi connectivity index (χ1n) is 13.2. The van der Waals surface area contributed by atoms with Gasteiger partial charge in [0, 0.05) is 29.7 Å². The lowest BCUT2D eigenvalue weighted by Gasteiger charge is -2.35. The fraction of sp³-hybridized carbons (Fsp3) is 0.464. The number of β-amino-alcohol motifs (C(OH)–C–C–N with tert-alkyl or cyclic N) is 1. The summed E-state index contributed by atoms with van der Waals surface area (Å²) in [6, 6.07) is 9.44. The maximum absolute atomic E-state index is 14.2. The van der Waals surface area contributed by atoms with E-state index in [0.717, 1.165) is 9.69 Å². The fourth-order valence-corrected chi connectivity index (χ4v) is 6.58. The molecule has 10 nitrogen and oxygen atoms in total. The molecular weight excluding hydrogens is 520 g/mol. The molecule has 1 aliphatic rings. The number of carbonyl (C=O) groups is 2. The highest BCUT2D eigenvalue weighted by Crippen LogP contribution is 2.28. The van der Waals surface area contributed by atoms with E-state index in [1.54, 1.807) is 25.1 Å². The molecule has 3 aromatic rings. The number of benzene rings is 1. The lowest BCUT2D eigenvalue weighted by molar-refractivity contribution is -0.132. The van der Waals surface area contributed by atoms with E-state index in [9.17, 15) is 23.1 Å². The molecular formula is C28H36N4O6S. The van der Waals surface area contributed by atoms with E-state index in [2.05, 4.69) is 15.6 Å². The number of hydrogen-bond donors (Lipinski definition) is 3. The second-order valence-electron chi connectivity index (χ2n) is 10.5. The number of carbonyl (C=O) groups excluding carboxylic acids is 2. The van der Waals surface area contributed by atoms with Gasteiger partial charge in [0.05, 0.1) is 12.1 Å². The van der Waals surface area contributed by atoms with E-state index in [-0.39, 0.29) is 42.1 Å². The Morgan fingerprint density at radius 2 is 1.90 bits per heavy atom. The standard InChI is InChI=1S/C28H36N4O6S/c1-17(2)15-21(31-27(34)26-19(4)20-9-5-6-10-24(20)38-26)28(35)32(22-13-12-18(3)30-16-23(22)33)39(36,37)25-11-7-8-14-29-25/h5-11,14,17-18,21-23,30,33H,12-13,15-16H2,1-4H3,(H,31,34)/t18-,21+,22+,23+/m1/s1. The van der Waals surface area contributed by atoms with Crippen LogP contribution in [-0.2, 0) is 14.8 Å². The quantitative estimate of drug-likeness (QED) is 0.384. The molecule has 0 saturated carbocycles. The number of pyridine rings is 1. The number of rotatable bonds is 8. The first-order valence-corrected chi connectivity index (χ1v) is 14.6. The Hall–Kier alpha value is -3.28. The number of aliphatic hydroxyl groups is 1. The SMILES string of the molecule is Cc1c(C(=O)N[C@@H](CC(C)C)C(=O)N([C@H]2CC[C@@H](C)NC[C@@H]2O)S(=O)(=O)c2ccccn2)oc2ccccc12. The molecule has 210 valence electrons. The van der Waals surface area contributed by atoms with Gasteiger partial charge >= 0.3 is 0 Å². The summed E-state index contributed by atoms with van der Waals surface area (Å²) in [5.41, 5.74) is 1.16. The predicted octanol–water partition coefficient (Wildman–Crippen LogP) is 3.00. The Labute approximate surface area is 228 Å². The van der Waals surface area contributed by atoms with Crippen LogP contribution in [0.5, 0.6) is 0 Å². The molecule has 1 fully saturated rings. The van der Waals surface area contributed by atoms with E-state index in [0.29, 0.717) is 17.6 Å². The first-order chi connectivity index (χ1) is 18.5. The zero-order valence-corrected chi connectivity index (χ0v) is 23.4. The average Bonchev–Trinajstić information content (AvgIpc) is 3.16. The van der Waals surface area contributed by atoms with Crippen molar-refractivity contribution in [2.45, 2.75) is 76.2 Å². The number of aromatic nitrogens is 1. The number of nitrogens with one attached hydrogen (secondary N) is 2. The molecule has 0 spiro atoms. The number of hydrogen-bond acceptors (Lipinski definition) is 8. The number of amides is 2. The van der Waals surface area contributed by atoms with E-state index in [4.69, 9.17) is 4.42 Å². The molecule has 39 heavy (non-hydrogen) atoms. The maximum atomic E-state index is 14.2. The van der Waals surface area contributed by atoms with Gasteiger partial charge in [-0.2, -0.15) is 8.42 Å². The summed E-state index contributed by atoms with van der Waals surface area (Å²) in [5.74, 6) is -1.44. The van der Waals surface area contributed by atoms with Gasteiger partial charge in [-0.3, -0.25) is 9.59 Å². The molecule has 2 amide bonds. The van der Waals surface area contributed by atoms with Gasteiger partial charge in [0.25, 0.3) is 21.8 Å². The van der Waals surface area contributed by atoms with Crippen LogP contribution in [0.3, 0.4) is 0 Å². The Kier molecular flexibility index (Phi) is 8.73. The zero-order valence-electron chi connectivity index (χ0n) is 22.6. The number of sulfonamides is 1. The Morgan fingerprint density at radius 3 is 2.56 bits per heavy atom. The third-order valence-corrected chi connectivity index (χ3v) is 8.79. The molecule has 0 bridgehead atoms. The summed E-state index contributed by atoms with van der Waals surface area (Å²) in [6.07, 6.45) is 1.15. The summed E-state index contributed by atoms with van der Waals surface area (Å²) in [7, 11) is -4.47. The first kappa shape index (κ1) is 28.7. The number of aryl methyl sites for hydroxylation is 1. The second kappa shape index (κ2) is 11.8. The van der Waals surface area contributed by atoms with Gasteiger partial charge in [0.1, 0.15) is 11.6 Å². The van der Waals surface area contributed by atoms with Crippen LogP contribution in [0.1, 0.15) is 56.2 Å². The van der Waals surface area contributed by atoms with E-state index >= 15 is 0 Å². The molecule has 11 heteroatoms. The molecule has 4 rings (SSSR count). The largest absolute Gasteiger partial charge is 0.451 e. The zero-order chi connectivity index (χ0) is 28.3. The number of fused-ring (bicyclic) bond motifs is 1. The van der Waals surface area contributed by atoms with Crippen molar-refractivity contribution in [1.82, 2.24) is 19.9 Å². The molecule has 2 aromatic heterocycles. The van der Waals surface area contributed by atoms with Gasteiger partial charge in [-0.05, 0) is 57.2 Å². The second-order valence-corrected chi connectivity index (χ2v) is 12.3. The molecule has 1 saturated heterocycles. The highest BCUT2D eigenvalue weighted by molar-refractivity contribution is 7.89. The number of furan rings is 1. The highest BCUT2D eigenvalue weighted by Gasteiger charge is 2.44. The van der Waals surface area contributed by atoms with Crippen LogP contribution < -0.4 is 10.6 Å². The molecule has 0 aliphatic carbocycles. The van der Waals surface area contributed by atoms with Crippen LogP contribution in [0.4, 0.5) is 0 Å². The summed E-state index contributed by atoms with van der Waals surface area (Å²) in [6.45, 7) is 7.57. The molecule has 3 heterocycles. The smallest absolute Gasteiger partial charge is 0.287 e. The molecule has 3 N–H and O–H groups in total. The van der Waals surface area contributed by atoms with Crippen molar-refractivity contribution in [3.8, 4) is 0 Å². The lowest BCUT2D eigenvalue weighted by Crippen LogP contribution is -2.57. The van der Waals surface area contributed by atoms with Crippen LogP contribution >= 0.6 is 0 Å². The van der Waals surface area contributed by atoms with Crippen molar-refractivity contribution in [1.29, 1.82) is 0 Å². The minimum absolute atomic E-state index is 0.0291. The van der Waals surface area contributed by atoms with E-state index in [1.165, 1.54) is 18.3 Å². The summed E-state index contributed by atoms with van der Waals surface area (Å²) in [4.78, 5) is 31.6. The summed E-state index contributed by atoms with van der Waals surface area (Å²) >= 11 is 0. The van der Waals surface area contributed by atoms with Crippen LogP contribution in [0, 0.1) is 12.8 Å². The van der Waals surface area contributed by atoms with Gasteiger partial charge < -0.3 is 20.2 Å². The predicted molar refractivity (Wildman–Crippen MR) is 146 cm³/mol. The third-order valence-electron chi connectivity index (χ3n) is 7.05. The van der Waals surface area contributed by atoms with Crippen LogP contribution in [0.25, 0.3) is 11.0 Å². The summed E-state index contributed by atoms with van der Waals surface area (Å²) < 4.78 is 34.4. The molecule has 4 atom stereocenters. The number of para-hydroxylation sites is 1. The topological polar surface area (TPSA) is 142 Å². The van der Waals surface area contributed by atoms with Crippen molar-refractivity contribution in [3.05, 3.63) is 60.0 Å². The maximum Gasteiger partial charge on any atom is 0.287 e. The lowest BCUT2D eigenvalue weighted by atomic mass is 10.0. The third kappa shape index (κ3) is 6.15. The van der Waals surface area contributed by atoms with E-state index < -0.39 is 40.0 Å². The van der Waals surface area contributed by atoms with Gasteiger partial charge in [-0.1, -0.05) is 38.1 Å². The van der Waals surface area contributed by atoms with Crippen molar-refractivity contribution < 1.29 is 27.5 Å². The van der Waals surface area contributed by atoms with Crippen LogP contribution in [0.15, 0.2) is 58.1 Å². The van der Waals surface area contributed by atoms with Crippen molar-refractivity contribution in [3.63, 3.8) is 0 Å². The van der Waals surface area contributed by atoms with Gasteiger partial charge in [-0.15, -0.1) is 0 Å². The van der Waals surface area contributed by atoms with Gasteiger partial charge in [-0.25, -0.2) is 9.29 Å². The number of aliphatic hydroxyl groups excluding tert-OH is 1. The van der Waals surface area contributed by atoms with E-state index in [1.807, 2.05) is 32.9 Å². The van der Waals surface area contributed by atoms with Gasteiger partial charge in [0.15, 0.2) is 10.8 Å². The van der Waals surface area contributed by atoms with Crippen molar-refractivity contribution in [2.24, 2.45) is 5.92 Å². The normalized spacial score (nSPS) is 20.9. The minimum atomic E-state index is -4.47. The fourth-order valence-electron chi connectivity index (χ4n) is 4.97. The Bertz CT molecular complexity index is 1420. The monoisotopic (exact) mass is 556 g/mol. The number of nitrogens with zero attached hydrogens (tertiary/aromatic N) is 2. The van der Waals surface area contributed by atoms with Crippen molar-refractivity contribution >= 4 is 32.8 Å². The molecule has 0 radical (unpaired) electrons.